The maximum Gasteiger partial charge on any atom is 0.262 e. The molecule has 112 valence electrons. The molecule has 0 saturated carbocycles. The maximum atomic E-state index is 12.3. The summed E-state index contributed by atoms with van der Waals surface area (Å²) in [6, 6.07) is 4.03. The minimum Gasteiger partial charge on any atom is -0.384 e. The van der Waals surface area contributed by atoms with Crippen molar-refractivity contribution >= 4 is 56.8 Å². The number of nitrogens with one attached hydrogen (secondary N) is 1. The number of carbonyl (C=O) groups is 2. The van der Waals surface area contributed by atoms with E-state index in [-0.39, 0.29) is 27.7 Å². The second-order valence-electron chi connectivity index (χ2n) is 4.50. The molecule has 3 rings (SSSR count). The van der Waals surface area contributed by atoms with Crippen LogP contribution in [0, 0.1) is 0 Å². The van der Waals surface area contributed by atoms with Gasteiger partial charge in [-0.25, -0.2) is 0 Å². The number of benzene rings is 1. The van der Waals surface area contributed by atoms with Crippen molar-refractivity contribution in [2.75, 3.05) is 5.73 Å². The van der Waals surface area contributed by atoms with Crippen LogP contribution in [0.2, 0.25) is 10.0 Å². The number of carbonyl (C=O) groups excluding carboxylic acids is 2. The van der Waals surface area contributed by atoms with Crippen molar-refractivity contribution in [3.05, 3.63) is 54.2 Å². The molecule has 2 amide bonds. The molecule has 0 saturated heterocycles. The predicted molar refractivity (Wildman–Crippen MR) is 86.0 cm³/mol. The van der Waals surface area contributed by atoms with E-state index in [9.17, 15) is 14.4 Å². The third-order valence-corrected chi connectivity index (χ3v) is 4.64. The second-order valence-corrected chi connectivity index (χ2v) is 6.16. The van der Waals surface area contributed by atoms with Crippen molar-refractivity contribution < 1.29 is 9.59 Å². The number of hydrogen-bond acceptors (Lipinski definition) is 4. The lowest BCUT2D eigenvalue weighted by molar-refractivity contribution is 0.0880. The van der Waals surface area contributed by atoms with E-state index in [0.29, 0.717) is 9.50 Å². The summed E-state index contributed by atoms with van der Waals surface area (Å²) in [7, 11) is 0. The largest absolute Gasteiger partial charge is 0.384 e. The van der Waals surface area contributed by atoms with Crippen LogP contribution in [0.4, 0.5) is 5.82 Å². The number of nitrogens with two attached hydrogens (primary N) is 1. The average molecular weight is 403 g/mol. The third-order valence-electron chi connectivity index (χ3n) is 3.17. The van der Waals surface area contributed by atoms with Gasteiger partial charge in [-0.2, -0.15) is 0 Å². The Bertz CT molecular complexity index is 924. The van der Waals surface area contributed by atoms with Gasteiger partial charge >= 0.3 is 0 Å². The minimum atomic E-state index is -0.663. The number of fused-ring (bicyclic) bond motifs is 1. The van der Waals surface area contributed by atoms with Crippen molar-refractivity contribution in [1.82, 2.24) is 9.88 Å². The number of anilines is 1. The number of aromatic nitrogens is 1. The molecule has 9 heteroatoms. The Morgan fingerprint density at radius 3 is 2.45 bits per heavy atom. The molecule has 0 spiro atoms. The molecular formula is C13H6BrCl2N3O3. The SMILES string of the molecule is Nc1c2c(cc(=O)n1-c1cc(Cl)cc(Br)c1Cl)C(=O)NC2=O. The van der Waals surface area contributed by atoms with E-state index in [1.165, 1.54) is 6.07 Å². The molecule has 2 heterocycles. The number of nitrogen functional groups attached to an aromatic ring is 1. The fourth-order valence-electron chi connectivity index (χ4n) is 2.23. The van der Waals surface area contributed by atoms with Crippen molar-refractivity contribution in [3.8, 4) is 5.69 Å². The first kappa shape index (κ1) is 15.1. The highest BCUT2D eigenvalue weighted by Gasteiger charge is 2.32. The molecule has 2 aromatic rings. The second kappa shape index (κ2) is 5.12. The summed E-state index contributed by atoms with van der Waals surface area (Å²) in [5, 5.41) is 2.60. The zero-order chi connectivity index (χ0) is 16.2. The van der Waals surface area contributed by atoms with Crippen molar-refractivity contribution in [3.63, 3.8) is 0 Å². The topological polar surface area (TPSA) is 94.2 Å². The van der Waals surface area contributed by atoms with Crippen LogP contribution >= 0.6 is 39.1 Å². The summed E-state index contributed by atoms with van der Waals surface area (Å²) in [4.78, 5) is 35.7. The zero-order valence-electron chi connectivity index (χ0n) is 10.6. The van der Waals surface area contributed by atoms with E-state index < -0.39 is 17.4 Å². The van der Waals surface area contributed by atoms with Gasteiger partial charge in [-0.3, -0.25) is 24.3 Å². The lowest BCUT2D eigenvalue weighted by Crippen LogP contribution is -2.24. The summed E-state index contributed by atoms with van der Waals surface area (Å²) in [5.41, 5.74) is 5.42. The Morgan fingerprint density at radius 2 is 1.77 bits per heavy atom. The van der Waals surface area contributed by atoms with E-state index in [1.54, 1.807) is 6.07 Å². The summed E-state index contributed by atoms with van der Waals surface area (Å²) in [6.07, 6.45) is 0. The van der Waals surface area contributed by atoms with Crippen LogP contribution in [0.3, 0.4) is 0 Å². The molecule has 0 atom stereocenters. The van der Waals surface area contributed by atoms with Gasteiger partial charge in [0.1, 0.15) is 5.82 Å². The lowest BCUT2D eigenvalue weighted by atomic mass is 10.1. The smallest absolute Gasteiger partial charge is 0.262 e. The Labute approximate surface area is 141 Å². The van der Waals surface area contributed by atoms with Gasteiger partial charge < -0.3 is 5.73 Å². The highest BCUT2D eigenvalue weighted by Crippen LogP contribution is 2.34. The van der Waals surface area contributed by atoms with Crippen molar-refractivity contribution in [2.24, 2.45) is 0 Å². The first-order valence-corrected chi connectivity index (χ1v) is 7.42. The van der Waals surface area contributed by atoms with Crippen LogP contribution < -0.4 is 16.6 Å². The fourth-order valence-corrected chi connectivity index (χ4v) is 3.22. The Balaban J connectivity index is 2.40. The van der Waals surface area contributed by atoms with Crippen LogP contribution in [0.1, 0.15) is 20.7 Å². The number of nitrogens with zero attached hydrogens (tertiary/aromatic N) is 1. The summed E-state index contributed by atoms with van der Waals surface area (Å²) in [6.45, 7) is 0. The van der Waals surface area contributed by atoms with Crippen LogP contribution in [-0.4, -0.2) is 16.4 Å². The quantitative estimate of drug-likeness (QED) is 0.565. The van der Waals surface area contributed by atoms with Gasteiger partial charge in [-0.15, -0.1) is 0 Å². The lowest BCUT2D eigenvalue weighted by Gasteiger charge is -2.14. The number of imide groups is 1. The number of rotatable bonds is 1. The van der Waals surface area contributed by atoms with Crippen LogP contribution in [0.5, 0.6) is 0 Å². The molecule has 3 N–H and O–H groups in total. The first-order valence-electron chi connectivity index (χ1n) is 5.87. The van der Waals surface area contributed by atoms with E-state index >= 15 is 0 Å². The number of halogens is 3. The van der Waals surface area contributed by atoms with Gasteiger partial charge in [-0.05, 0) is 28.1 Å². The molecule has 0 radical (unpaired) electrons. The standard InChI is InChI=1S/C13H6BrCl2N3O3/c14-6-1-4(15)2-7(10(6)16)19-8(20)3-5-9(11(19)17)13(22)18-12(5)21/h1-3H,17H2,(H,18,21,22). The number of pyridine rings is 1. The monoisotopic (exact) mass is 401 g/mol. The molecule has 1 aromatic heterocycles. The van der Waals surface area contributed by atoms with Gasteiger partial charge in [0.15, 0.2) is 0 Å². The van der Waals surface area contributed by atoms with Gasteiger partial charge in [0.05, 0.1) is 21.8 Å². The van der Waals surface area contributed by atoms with Crippen LogP contribution in [0.15, 0.2) is 27.5 Å². The molecule has 0 bridgehead atoms. The van der Waals surface area contributed by atoms with Gasteiger partial charge in [-0.1, -0.05) is 23.2 Å². The van der Waals surface area contributed by atoms with E-state index in [0.717, 1.165) is 10.6 Å². The van der Waals surface area contributed by atoms with Gasteiger partial charge in [0.2, 0.25) is 0 Å². The molecule has 22 heavy (non-hydrogen) atoms. The summed E-state index contributed by atoms with van der Waals surface area (Å²) < 4.78 is 1.50. The van der Waals surface area contributed by atoms with E-state index in [1.807, 2.05) is 0 Å². The Hall–Kier alpha value is -1.83. The predicted octanol–water partition coefficient (Wildman–Crippen LogP) is 2.37. The maximum absolute atomic E-state index is 12.3. The minimum absolute atomic E-state index is 0.0547. The molecular weight excluding hydrogens is 397 g/mol. The molecule has 0 fully saturated rings. The van der Waals surface area contributed by atoms with Gasteiger partial charge in [0.25, 0.3) is 17.4 Å². The highest BCUT2D eigenvalue weighted by atomic mass is 79.9. The first-order chi connectivity index (χ1) is 10.3. The molecule has 1 aromatic carbocycles. The fraction of sp³-hybridized carbons (Fsp3) is 0. The molecule has 1 aliphatic rings. The molecule has 6 nitrogen and oxygen atoms in total. The summed E-state index contributed by atoms with van der Waals surface area (Å²) in [5.74, 6) is -1.50. The van der Waals surface area contributed by atoms with E-state index in [2.05, 4.69) is 21.2 Å². The van der Waals surface area contributed by atoms with Crippen molar-refractivity contribution in [1.29, 1.82) is 0 Å². The number of amides is 2. The zero-order valence-corrected chi connectivity index (χ0v) is 13.7. The molecule has 1 aliphatic heterocycles. The Morgan fingerprint density at radius 1 is 1.09 bits per heavy atom. The highest BCUT2D eigenvalue weighted by molar-refractivity contribution is 9.10. The van der Waals surface area contributed by atoms with E-state index in [4.69, 9.17) is 28.9 Å². The Kier molecular flexibility index (Phi) is 3.51. The average Bonchev–Trinajstić information content (AvgIpc) is 2.70. The number of hydrogen-bond donors (Lipinski definition) is 2. The molecule has 0 unspecified atom stereocenters. The van der Waals surface area contributed by atoms with Crippen LogP contribution in [0.25, 0.3) is 5.69 Å². The summed E-state index contributed by atoms with van der Waals surface area (Å²) >= 11 is 15.4. The van der Waals surface area contributed by atoms with Crippen molar-refractivity contribution in [2.45, 2.75) is 0 Å². The van der Waals surface area contributed by atoms with Gasteiger partial charge in [0, 0.05) is 15.6 Å². The molecule has 0 aliphatic carbocycles. The third kappa shape index (κ3) is 2.13. The normalized spacial score (nSPS) is 13.2. The van der Waals surface area contributed by atoms with Crippen LogP contribution in [-0.2, 0) is 0 Å².